The Bertz CT molecular complexity index is 2880. The predicted octanol–water partition coefficient (Wildman–Crippen LogP) is 8.91. The second-order valence-electron chi connectivity index (χ2n) is 20.0. The summed E-state index contributed by atoms with van der Waals surface area (Å²) in [7, 11) is -3.24. The molecule has 69 heavy (non-hydrogen) atoms. The molecule has 2 fully saturated rings. The number of anilines is 4. The van der Waals surface area contributed by atoms with E-state index >= 15 is 0 Å². The van der Waals surface area contributed by atoms with Crippen molar-refractivity contribution in [3.8, 4) is 5.88 Å². The topological polar surface area (TPSA) is 190 Å². The number of hydrogen-bond acceptors (Lipinski definition) is 13. The summed E-state index contributed by atoms with van der Waals surface area (Å²) in [4.78, 5) is 51.4. The summed E-state index contributed by atoms with van der Waals surface area (Å²) >= 11 is 6.28. The molecule has 2 aromatic heterocycles. The average Bonchev–Trinajstić information content (AvgIpc) is 3.69. The van der Waals surface area contributed by atoms with E-state index in [4.69, 9.17) is 21.3 Å². The number of sulfonamides is 1. The van der Waals surface area contributed by atoms with Crippen LogP contribution in [0.4, 0.5) is 28.4 Å². The molecule has 5 aromatic rings. The van der Waals surface area contributed by atoms with Crippen molar-refractivity contribution in [2.75, 3.05) is 94.0 Å². The minimum atomic E-state index is -4.60. The van der Waals surface area contributed by atoms with Gasteiger partial charge in [0, 0.05) is 61.6 Å². The van der Waals surface area contributed by atoms with Crippen molar-refractivity contribution in [2.24, 2.45) is 11.3 Å². The molecule has 0 spiro atoms. The van der Waals surface area contributed by atoms with Crippen LogP contribution >= 0.6 is 19.2 Å². The number of hydrogen-bond donors (Lipinski definition) is 4. The van der Waals surface area contributed by atoms with Crippen molar-refractivity contribution < 1.29 is 27.8 Å². The van der Waals surface area contributed by atoms with Crippen LogP contribution in [0.15, 0.2) is 89.5 Å². The quantitative estimate of drug-likeness (QED) is 0.0498. The fourth-order valence-corrected chi connectivity index (χ4v) is 14.3. The van der Waals surface area contributed by atoms with Crippen LogP contribution in [0.1, 0.15) is 68.3 Å². The molecule has 3 aliphatic heterocycles. The number of nitrogens with zero attached hydrogens (tertiary/aromatic N) is 6. The Morgan fingerprint density at radius 1 is 1.01 bits per heavy atom. The summed E-state index contributed by atoms with van der Waals surface area (Å²) in [6, 6.07) is 21.2. The van der Waals surface area contributed by atoms with E-state index in [1.165, 1.54) is 28.8 Å². The van der Waals surface area contributed by atoms with E-state index in [1.54, 1.807) is 12.3 Å². The van der Waals surface area contributed by atoms with Crippen molar-refractivity contribution in [3.05, 3.63) is 111 Å². The van der Waals surface area contributed by atoms with Gasteiger partial charge >= 0.3 is 153 Å². The average molecular weight is 1000 g/mol. The number of carbonyl (C=O) groups excluding carboxylic acids is 1. The third kappa shape index (κ3) is 10.7. The summed E-state index contributed by atoms with van der Waals surface area (Å²) in [5, 5.41) is 17.1. The first kappa shape index (κ1) is 48.7. The number of pyridine rings is 1. The molecule has 5 heterocycles. The third-order valence-electron chi connectivity index (χ3n) is 14.6. The number of aromatic nitrogens is 2. The number of carbonyl (C=O) groups is 1. The van der Waals surface area contributed by atoms with Crippen LogP contribution in [0.5, 0.6) is 5.88 Å². The molecule has 0 saturated carbocycles. The van der Waals surface area contributed by atoms with Gasteiger partial charge < -0.3 is 19.5 Å². The number of nitro groups is 1. The predicted molar refractivity (Wildman–Crippen MR) is 277 cm³/mol. The Labute approximate surface area is 409 Å². The third-order valence-corrected chi connectivity index (χ3v) is 20.0. The first-order valence-corrected chi connectivity index (χ1v) is 28.1. The normalized spacial score (nSPS) is 20.2. The Morgan fingerprint density at radius 2 is 1.77 bits per heavy atom. The number of fused-ring (bicyclic) bond motifs is 2. The van der Waals surface area contributed by atoms with E-state index in [0.29, 0.717) is 61.3 Å². The molecule has 2 saturated heterocycles. The zero-order valence-electron chi connectivity index (χ0n) is 39.8. The van der Waals surface area contributed by atoms with Crippen molar-refractivity contribution in [2.45, 2.75) is 57.3 Å². The van der Waals surface area contributed by atoms with E-state index < -0.39 is 39.1 Å². The molecule has 4 aliphatic rings. The van der Waals surface area contributed by atoms with Crippen LogP contribution in [0.3, 0.4) is 0 Å². The number of rotatable bonds is 13. The summed E-state index contributed by atoms with van der Waals surface area (Å²) < 4.78 is 38.4. The maximum absolute atomic E-state index is 14.5. The van der Waals surface area contributed by atoms with Crippen LogP contribution in [0.25, 0.3) is 16.6 Å². The number of ether oxygens (including phenoxy) is 1. The minimum absolute atomic E-state index is 0.106. The number of nitro benzene ring substituents is 1. The van der Waals surface area contributed by atoms with Crippen LogP contribution in [0, 0.1) is 21.4 Å². The van der Waals surface area contributed by atoms with Crippen molar-refractivity contribution >= 4 is 80.2 Å². The first-order chi connectivity index (χ1) is 32.9. The second kappa shape index (κ2) is 19.8. The molecule has 368 valence electrons. The number of halogens is 1. The summed E-state index contributed by atoms with van der Waals surface area (Å²) in [5.41, 5.74) is 6.87. The SMILES string of the molecule is CN(C)[PH]1(O)CCC(CNc2ccc(S(=O)(=O)NC(=O)c3ccc(N4CCN(CC5=C(c6ccc(Cl)cc6)CC(C)(C)CC5)CC4)cc3N3CCCOc4nc5[nH]ccc5cc43)cc2[N+](=O)[O-])CC1. The van der Waals surface area contributed by atoms with Gasteiger partial charge in [-0.05, 0) is 84.7 Å². The standard InChI is InChI=1S/C50H63ClN9O7PS/c1-50(2)18-14-37(42(31-50)35-6-8-38(51)9-7-35)33-57-21-23-58(24-22-57)39-10-12-41(44(29-39)59-20-5-25-67-49-46(59)28-36-15-19-52-47(36)54-49)48(61)55-69(65,66)40-11-13-43(45(30-40)60(62)63)53-32-34-16-26-68(64,27-17-34)56(3)4/h6-13,15,19,28-30,34,53,64,68H,5,14,16-18,20-27,31-33H2,1-4H3,(H,52,54)(H,55,61). The van der Waals surface area contributed by atoms with Gasteiger partial charge in [0.15, 0.2) is 0 Å². The van der Waals surface area contributed by atoms with Crippen LogP contribution < -0.4 is 24.6 Å². The Kier molecular flexibility index (Phi) is 14.0. The van der Waals surface area contributed by atoms with Gasteiger partial charge in [0.25, 0.3) is 0 Å². The molecule has 19 heteroatoms. The molecule has 1 amide bonds. The fraction of sp³-hybridized carbons (Fsp3) is 0.440. The molecule has 16 nitrogen and oxygen atoms in total. The molecule has 0 atom stereocenters. The zero-order valence-corrected chi connectivity index (χ0v) is 42.3. The fourth-order valence-electron chi connectivity index (χ4n) is 10.3. The first-order valence-electron chi connectivity index (χ1n) is 23.9. The number of nitrogens with one attached hydrogen (secondary N) is 3. The molecule has 0 radical (unpaired) electrons. The molecular weight excluding hydrogens is 937 g/mol. The Balaban J connectivity index is 0.964. The van der Waals surface area contributed by atoms with E-state index in [-0.39, 0.29) is 22.6 Å². The van der Waals surface area contributed by atoms with Gasteiger partial charge in [0.1, 0.15) is 11.3 Å². The van der Waals surface area contributed by atoms with Crippen LogP contribution in [-0.2, 0) is 10.0 Å². The Hall–Kier alpha value is -5.29. The van der Waals surface area contributed by atoms with Crippen molar-refractivity contribution in [1.82, 2.24) is 24.3 Å². The molecule has 1 aliphatic carbocycles. The molecule has 3 aromatic carbocycles. The van der Waals surface area contributed by atoms with Crippen molar-refractivity contribution in [3.63, 3.8) is 0 Å². The van der Waals surface area contributed by atoms with Gasteiger partial charge in [-0.25, -0.2) is 0 Å². The number of aromatic amines is 1. The maximum atomic E-state index is 14.5. The molecule has 0 bridgehead atoms. The van der Waals surface area contributed by atoms with Gasteiger partial charge in [0.05, 0.1) is 17.9 Å². The van der Waals surface area contributed by atoms with Crippen LogP contribution in [0.2, 0.25) is 5.02 Å². The summed E-state index contributed by atoms with van der Waals surface area (Å²) in [5.74, 6) is -0.294. The van der Waals surface area contributed by atoms with Crippen LogP contribution in [-0.4, -0.2) is 123 Å². The second-order valence-corrected chi connectivity index (χ2v) is 26.0. The molecule has 0 unspecified atom stereocenters. The van der Waals surface area contributed by atoms with Gasteiger partial charge in [-0.15, -0.1) is 0 Å². The van der Waals surface area contributed by atoms with Gasteiger partial charge in [-0.3, -0.25) is 9.69 Å². The molecule has 9 rings (SSSR count). The number of allylic oxidation sites excluding steroid dienone is 1. The molecule has 4 N–H and O–H groups in total. The Morgan fingerprint density at radius 3 is 2.49 bits per heavy atom. The van der Waals surface area contributed by atoms with Gasteiger partial charge in [-0.1, -0.05) is 43.2 Å². The van der Waals surface area contributed by atoms with Gasteiger partial charge in [0.2, 0.25) is 5.88 Å². The molecular formula is C50H63ClN9O7PS. The summed E-state index contributed by atoms with van der Waals surface area (Å²) in [6.45, 7) is 9.99. The van der Waals surface area contributed by atoms with E-state index in [0.717, 1.165) is 87.0 Å². The van der Waals surface area contributed by atoms with Gasteiger partial charge in [-0.2, -0.15) is 4.98 Å². The van der Waals surface area contributed by atoms with Crippen molar-refractivity contribution in [1.29, 1.82) is 0 Å². The number of benzene rings is 3. The monoisotopic (exact) mass is 999 g/mol. The number of H-pyrrole nitrogens is 1. The van der Waals surface area contributed by atoms with E-state index in [2.05, 4.69) is 50.8 Å². The van der Waals surface area contributed by atoms with E-state index in [9.17, 15) is 28.2 Å². The number of amides is 1. The summed E-state index contributed by atoms with van der Waals surface area (Å²) in [6.07, 6.45) is 8.59. The zero-order chi connectivity index (χ0) is 48.7. The number of piperazine rings is 1. The van der Waals surface area contributed by atoms with E-state index in [1.807, 2.05) is 60.1 Å².